The van der Waals surface area contributed by atoms with Crippen molar-refractivity contribution in [3.8, 4) is 10.7 Å². The van der Waals surface area contributed by atoms with E-state index in [-0.39, 0.29) is 0 Å². The molecule has 0 radical (unpaired) electrons. The first-order chi connectivity index (χ1) is 14.2. The second-order valence-electron chi connectivity index (χ2n) is 6.00. The molecule has 6 nitrogen and oxygen atoms in total. The first-order valence-corrected chi connectivity index (χ1v) is 11.0. The molecule has 0 bridgehead atoms. The van der Waals surface area contributed by atoms with E-state index < -0.39 is 5.95 Å². The number of nitrogens with zero attached hydrogens (tertiary/aromatic N) is 2. The molecule has 156 valence electrons. The zero-order valence-corrected chi connectivity index (χ0v) is 18.1. The zero-order valence-electron chi connectivity index (χ0n) is 16.4. The number of halogens is 1. The third-order valence-electron chi connectivity index (χ3n) is 4.00. The second kappa shape index (κ2) is 11.4. The Hall–Kier alpha value is -1.78. The van der Waals surface area contributed by atoms with Gasteiger partial charge in [-0.15, -0.1) is 23.1 Å². The van der Waals surface area contributed by atoms with Gasteiger partial charge in [0.2, 0.25) is 5.95 Å². The minimum Gasteiger partial charge on any atom is -0.384 e. The summed E-state index contributed by atoms with van der Waals surface area (Å²) in [6.45, 7) is 3.01. The average Bonchev–Trinajstić information content (AvgIpc) is 3.16. The highest BCUT2D eigenvalue weighted by Gasteiger charge is 2.11. The quantitative estimate of drug-likeness (QED) is 0.258. The highest BCUT2D eigenvalue weighted by atomic mass is 32.2. The molecule has 2 heterocycles. The molecule has 0 aliphatic rings. The Kier molecular flexibility index (Phi) is 8.63. The van der Waals surface area contributed by atoms with Crippen LogP contribution >= 0.6 is 23.1 Å². The predicted molar refractivity (Wildman–Crippen MR) is 117 cm³/mol. The number of benzene rings is 1. The normalized spacial score (nSPS) is 11.3. The molecule has 2 aromatic heterocycles. The summed E-state index contributed by atoms with van der Waals surface area (Å²) < 4.78 is 30.8. The molecule has 0 fully saturated rings. The molecule has 0 unspecified atom stereocenters. The van der Waals surface area contributed by atoms with Gasteiger partial charge in [-0.05, 0) is 30.3 Å². The van der Waals surface area contributed by atoms with Gasteiger partial charge < -0.3 is 19.5 Å². The Bertz CT molecular complexity index is 923. The van der Waals surface area contributed by atoms with Crippen LogP contribution in [0.1, 0.15) is 0 Å². The number of anilines is 1. The first kappa shape index (κ1) is 21.9. The summed E-state index contributed by atoms with van der Waals surface area (Å²) in [5.41, 5.74) is 1.80. The molecule has 0 spiro atoms. The van der Waals surface area contributed by atoms with E-state index in [1.807, 2.05) is 12.1 Å². The minimum absolute atomic E-state index is 0.373. The Labute approximate surface area is 177 Å². The fraction of sp³-hybridized carbons (Fsp3) is 0.400. The second-order valence-corrected chi connectivity index (χ2v) is 8.20. The zero-order chi connectivity index (χ0) is 20.5. The van der Waals surface area contributed by atoms with Crippen molar-refractivity contribution in [3.63, 3.8) is 0 Å². The molecule has 3 rings (SSSR count). The van der Waals surface area contributed by atoms with Crippen LogP contribution in [0.4, 0.5) is 10.1 Å². The largest absolute Gasteiger partial charge is 0.384 e. The van der Waals surface area contributed by atoms with E-state index in [0.717, 1.165) is 20.9 Å². The maximum absolute atomic E-state index is 13.9. The van der Waals surface area contributed by atoms with Gasteiger partial charge in [0.15, 0.2) is 0 Å². The van der Waals surface area contributed by atoms with Crippen molar-refractivity contribution >= 4 is 39.0 Å². The van der Waals surface area contributed by atoms with Crippen LogP contribution in [0.5, 0.6) is 0 Å². The lowest BCUT2D eigenvalue weighted by Gasteiger charge is -2.05. The molecule has 1 aromatic carbocycles. The summed E-state index contributed by atoms with van der Waals surface area (Å²) in [4.78, 5) is 9.75. The minimum atomic E-state index is -0.524. The van der Waals surface area contributed by atoms with Gasteiger partial charge in [-0.3, -0.25) is 0 Å². The van der Waals surface area contributed by atoms with Gasteiger partial charge in [0, 0.05) is 24.8 Å². The van der Waals surface area contributed by atoms with Crippen molar-refractivity contribution in [3.05, 3.63) is 36.3 Å². The van der Waals surface area contributed by atoms with Crippen LogP contribution < -0.4 is 5.32 Å². The summed E-state index contributed by atoms with van der Waals surface area (Å²) >= 11 is 3.24. The lowest BCUT2D eigenvalue weighted by molar-refractivity contribution is 0.0286. The number of ether oxygens (including phenoxy) is 3. The molecule has 9 heteroatoms. The highest BCUT2D eigenvalue weighted by Crippen LogP contribution is 2.32. The molecule has 0 amide bonds. The summed E-state index contributed by atoms with van der Waals surface area (Å²) in [5.74, 6) is 0.331. The number of hydrogen-bond acceptors (Lipinski definition) is 8. The monoisotopic (exact) mass is 436 g/mol. The lowest BCUT2D eigenvalue weighted by Crippen LogP contribution is -2.09. The Balaban J connectivity index is 1.51. The standard InChI is InChI=1S/C20H24FN3O3S2/c1-22-16-5-6-17(23-19(16)21)20-24-15-4-3-14(13-18(15)29-20)28-12-11-27-10-9-26-8-7-25-2/h3-6,13,22H,7-12H2,1-2H3/i21-1. The lowest BCUT2D eigenvalue weighted by atomic mass is 10.3. The van der Waals surface area contributed by atoms with Crippen molar-refractivity contribution in [2.24, 2.45) is 0 Å². The molecular weight excluding hydrogens is 412 g/mol. The molecule has 0 aliphatic heterocycles. The van der Waals surface area contributed by atoms with Crippen LogP contribution in [0.25, 0.3) is 20.9 Å². The molecule has 0 atom stereocenters. The molecule has 0 saturated heterocycles. The van der Waals surface area contributed by atoms with Gasteiger partial charge >= 0.3 is 0 Å². The topological polar surface area (TPSA) is 65.5 Å². The third-order valence-corrected chi connectivity index (χ3v) is 6.00. The van der Waals surface area contributed by atoms with Crippen LogP contribution in [-0.4, -0.2) is 62.9 Å². The number of nitrogens with one attached hydrogen (secondary N) is 1. The highest BCUT2D eigenvalue weighted by molar-refractivity contribution is 7.99. The Morgan fingerprint density at radius 3 is 2.59 bits per heavy atom. The number of thioether (sulfide) groups is 1. The van der Waals surface area contributed by atoms with E-state index >= 15 is 0 Å². The molecule has 3 aromatic rings. The van der Waals surface area contributed by atoms with Crippen LogP contribution in [-0.2, 0) is 14.2 Å². The maximum atomic E-state index is 13.9. The van der Waals surface area contributed by atoms with Gasteiger partial charge in [-0.1, -0.05) is 0 Å². The van der Waals surface area contributed by atoms with Crippen LogP contribution in [0.15, 0.2) is 35.2 Å². The summed E-state index contributed by atoms with van der Waals surface area (Å²) in [7, 11) is 3.32. The average molecular weight is 437 g/mol. The van der Waals surface area contributed by atoms with Crippen molar-refractivity contribution in [1.82, 2.24) is 9.97 Å². The van der Waals surface area contributed by atoms with E-state index in [1.54, 1.807) is 38.1 Å². The molecule has 0 aliphatic carbocycles. The smallest absolute Gasteiger partial charge is 0.236 e. The van der Waals surface area contributed by atoms with Crippen LogP contribution in [0, 0.1) is 5.95 Å². The van der Waals surface area contributed by atoms with E-state index in [9.17, 15) is 4.39 Å². The third kappa shape index (κ3) is 6.35. The van der Waals surface area contributed by atoms with Crippen molar-refractivity contribution in [1.29, 1.82) is 0 Å². The van der Waals surface area contributed by atoms with Gasteiger partial charge in [0.25, 0.3) is 0 Å². The number of fused-ring (bicyclic) bond motifs is 1. The van der Waals surface area contributed by atoms with Crippen molar-refractivity contribution in [2.45, 2.75) is 4.90 Å². The summed E-state index contributed by atoms with van der Waals surface area (Å²) in [6, 6.07) is 9.59. The fourth-order valence-electron chi connectivity index (χ4n) is 2.53. The van der Waals surface area contributed by atoms with E-state index in [1.165, 1.54) is 11.3 Å². The van der Waals surface area contributed by atoms with Crippen LogP contribution in [0.3, 0.4) is 0 Å². The summed E-state index contributed by atoms with van der Waals surface area (Å²) in [5, 5.41) is 3.48. The van der Waals surface area contributed by atoms with Gasteiger partial charge in [-0.2, -0.15) is 4.39 Å². The number of pyridine rings is 1. The number of thiazole rings is 1. The van der Waals surface area contributed by atoms with Crippen LogP contribution in [0.2, 0.25) is 0 Å². The number of aromatic nitrogens is 2. The van der Waals surface area contributed by atoms with Crippen molar-refractivity contribution in [2.75, 3.05) is 58.3 Å². The van der Waals surface area contributed by atoms with Gasteiger partial charge in [0.05, 0.1) is 48.9 Å². The van der Waals surface area contributed by atoms with Gasteiger partial charge in [-0.25, -0.2) is 9.97 Å². The fourth-order valence-corrected chi connectivity index (χ4v) is 4.38. The molecular formula is C20H24FN3O3S2. The van der Waals surface area contributed by atoms with Crippen molar-refractivity contribution < 1.29 is 18.6 Å². The number of rotatable bonds is 12. The van der Waals surface area contributed by atoms with E-state index in [2.05, 4.69) is 21.4 Å². The number of methoxy groups -OCH3 is 1. The van der Waals surface area contributed by atoms with Gasteiger partial charge in [0.1, 0.15) is 10.7 Å². The molecule has 1 N–H and O–H groups in total. The maximum Gasteiger partial charge on any atom is 0.236 e. The van der Waals surface area contributed by atoms with E-state index in [4.69, 9.17) is 14.2 Å². The molecule has 0 saturated carbocycles. The van der Waals surface area contributed by atoms with E-state index in [0.29, 0.717) is 49.4 Å². The Morgan fingerprint density at radius 2 is 1.83 bits per heavy atom. The predicted octanol–water partition coefficient (Wildman–Crippen LogP) is 4.31. The SMILES string of the molecule is CNc1ccc(-c2nc3ccc(SCCOCCOCCOC)cc3s2)nc1[18F]. The molecule has 29 heavy (non-hydrogen) atoms. The Morgan fingerprint density at radius 1 is 1.03 bits per heavy atom. The summed E-state index contributed by atoms with van der Waals surface area (Å²) in [6.07, 6.45) is 0. The number of hydrogen-bond donors (Lipinski definition) is 1. The first-order valence-electron chi connectivity index (χ1n) is 9.23.